The van der Waals surface area contributed by atoms with E-state index < -0.39 is 0 Å². The van der Waals surface area contributed by atoms with Gasteiger partial charge in [-0.15, -0.1) is 0 Å². The number of alkyl halides is 1. The quantitative estimate of drug-likeness (QED) is 0.537. The molecule has 0 bridgehead atoms. The highest BCUT2D eigenvalue weighted by molar-refractivity contribution is 4.57. The molecule has 2 heteroatoms. The van der Waals surface area contributed by atoms with Gasteiger partial charge in [0, 0.05) is 6.61 Å². The van der Waals surface area contributed by atoms with Crippen LogP contribution in [-0.2, 0) is 4.74 Å². The van der Waals surface area contributed by atoms with Crippen molar-refractivity contribution in [3.05, 3.63) is 0 Å². The molecule has 0 rings (SSSR count). The summed E-state index contributed by atoms with van der Waals surface area (Å²) in [4.78, 5) is 0. The molecule has 0 aliphatic carbocycles. The Morgan fingerprint density at radius 3 is 2.22 bits per heavy atom. The zero-order chi connectivity index (χ0) is 7.33. The lowest BCUT2D eigenvalue weighted by molar-refractivity contribution is -0.00574. The van der Waals surface area contributed by atoms with E-state index in [9.17, 15) is 4.39 Å². The first-order valence-corrected chi connectivity index (χ1v) is 3.26. The summed E-state index contributed by atoms with van der Waals surface area (Å²) in [6, 6.07) is 0. The van der Waals surface area contributed by atoms with Crippen LogP contribution in [0.2, 0.25) is 0 Å². The molecular weight excluding hydrogens is 119 g/mol. The van der Waals surface area contributed by atoms with Gasteiger partial charge < -0.3 is 4.74 Å². The summed E-state index contributed by atoms with van der Waals surface area (Å²) in [6.45, 7) is 6.14. The minimum absolute atomic E-state index is 0.116. The van der Waals surface area contributed by atoms with Gasteiger partial charge in [-0.25, -0.2) is 0 Å². The van der Waals surface area contributed by atoms with Gasteiger partial charge in [-0.05, 0) is 27.2 Å². The van der Waals surface area contributed by atoms with Crippen molar-refractivity contribution >= 4 is 0 Å². The lowest BCUT2D eigenvalue weighted by atomic mass is 10.2. The molecule has 0 atom stereocenters. The molecule has 1 nitrogen and oxygen atoms in total. The summed E-state index contributed by atoms with van der Waals surface area (Å²) in [5.41, 5.74) is -0.116. The van der Waals surface area contributed by atoms with Gasteiger partial charge >= 0.3 is 0 Å². The Kier molecular flexibility index (Phi) is 3.78. The fraction of sp³-hybridized carbons (Fsp3) is 1.00. The van der Waals surface area contributed by atoms with Gasteiger partial charge in [0.1, 0.15) is 0 Å². The number of halogens is 1. The molecule has 0 saturated heterocycles. The third-order valence-corrected chi connectivity index (χ3v) is 0.813. The van der Waals surface area contributed by atoms with Crippen molar-refractivity contribution in [2.45, 2.75) is 32.8 Å². The molecule has 0 saturated carbocycles. The fourth-order valence-electron chi connectivity index (χ4n) is 0.433. The molecular formula is C7H15FO. The third-order valence-electron chi connectivity index (χ3n) is 0.813. The Morgan fingerprint density at radius 2 is 1.89 bits per heavy atom. The predicted octanol–water partition coefficient (Wildman–Crippen LogP) is 2.16. The summed E-state index contributed by atoms with van der Waals surface area (Å²) in [5.74, 6) is 0. The zero-order valence-electron chi connectivity index (χ0n) is 6.41. The standard InChI is InChI=1S/C7H15FO/c1-7(2,3)9-6-4-5-8/h4-6H2,1-3H3. The van der Waals surface area contributed by atoms with E-state index in [1.165, 1.54) is 0 Å². The van der Waals surface area contributed by atoms with E-state index in [4.69, 9.17) is 4.74 Å². The van der Waals surface area contributed by atoms with E-state index in [0.717, 1.165) is 0 Å². The van der Waals surface area contributed by atoms with Crippen LogP contribution in [0.3, 0.4) is 0 Å². The van der Waals surface area contributed by atoms with Crippen LogP contribution in [0, 0.1) is 0 Å². The minimum atomic E-state index is -0.282. The van der Waals surface area contributed by atoms with Crippen molar-refractivity contribution in [3.63, 3.8) is 0 Å². The van der Waals surface area contributed by atoms with Crippen LogP contribution in [0.4, 0.5) is 4.39 Å². The minimum Gasteiger partial charge on any atom is -0.376 e. The number of hydrogen-bond donors (Lipinski definition) is 0. The van der Waals surface area contributed by atoms with Crippen LogP contribution in [0.15, 0.2) is 0 Å². The van der Waals surface area contributed by atoms with E-state index in [1.807, 2.05) is 20.8 Å². The van der Waals surface area contributed by atoms with Crippen LogP contribution >= 0.6 is 0 Å². The summed E-state index contributed by atoms with van der Waals surface area (Å²) in [7, 11) is 0. The van der Waals surface area contributed by atoms with E-state index in [2.05, 4.69) is 0 Å². The molecule has 0 heterocycles. The Hall–Kier alpha value is -0.110. The lowest BCUT2D eigenvalue weighted by Crippen LogP contribution is -2.19. The molecule has 56 valence electrons. The predicted molar refractivity (Wildman–Crippen MR) is 36.3 cm³/mol. The number of ether oxygens (including phenoxy) is 1. The van der Waals surface area contributed by atoms with E-state index in [-0.39, 0.29) is 12.3 Å². The molecule has 0 spiro atoms. The Bertz CT molecular complexity index is 65.8. The third kappa shape index (κ3) is 7.89. The average Bonchev–Trinajstić information content (AvgIpc) is 1.63. The number of hydrogen-bond acceptors (Lipinski definition) is 1. The summed E-state index contributed by atoms with van der Waals surface area (Å²) < 4.78 is 16.7. The van der Waals surface area contributed by atoms with Gasteiger partial charge in [0.2, 0.25) is 0 Å². The average molecular weight is 134 g/mol. The maximum Gasteiger partial charge on any atom is 0.0916 e. The van der Waals surface area contributed by atoms with Crippen molar-refractivity contribution in [1.82, 2.24) is 0 Å². The first-order valence-electron chi connectivity index (χ1n) is 3.26. The van der Waals surface area contributed by atoms with E-state index >= 15 is 0 Å². The molecule has 0 aromatic rings. The van der Waals surface area contributed by atoms with Crippen LogP contribution in [0.5, 0.6) is 0 Å². The van der Waals surface area contributed by atoms with E-state index in [0.29, 0.717) is 13.0 Å². The molecule has 0 N–H and O–H groups in total. The van der Waals surface area contributed by atoms with Crippen molar-refractivity contribution in [3.8, 4) is 0 Å². The SMILES string of the molecule is CC(C)(C)OCCCF. The van der Waals surface area contributed by atoms with Crippen LogP contribution in [-0.4, -0.2) is 18.9 Å². The normalized spacial score (nSPS) is 12.0. The maximum atomic E-state index is 11.5. The molecule has 0 aliphatic heterocycles. The lowest BCUT2D eigenvalue weighted by Gasteiger charge is -2.18. The molecule has 0 unspecified atom stereocenters. The van der Waals surface area contributed by atoms with Crippen LogP contribution in [0.25, 0.3) is 0 Å². The highest BCUT2D eigenvalue weighted by Crippen LogP contribution is 2.06. The van der Waals surface area contributed by atoms with Crippen molar-refractivity contribution < 1.29 is 9.13 Å². The van der Waals surface area contributed by atoms with Crippen molar-refractivity contribution in [2.75, 3.05) is 13.3 Å². The highest BCUT2D eigenvalue weighted by atomic mass is 19.1. The molecule has 0 radical (unpaired) electrons. The Balaban J connectivity index is 3.07. The van der Waals surface area contributed by atoms with Crippen molar-refractivity contribution in [1.29, 1.82) is 0 Å². The first-order chi connectivity index (χ1) is 4.06. The molecule has 0 fully saturated rings. The maximum absolute atomic E-state index is 11.5. The first kappa shape index (κ1) is 8.89. The second-order valence-corrected chi connectivity index (χ2v) is 3.00. The van der Waals surface area contributed by atoms with E-state index in [1.54, 1.807) is 0 Å². The van der Waals surface area contributed by atoms with Gasteiger partial charge in [-0.1, -0.05) is 0 Å². The van der Waals surface area contributed by atoms with Crippen LogP contribution in [0.1, 0.15) is 27.2 Å². The zero-order valence-corrected chi connectivity index (χ0v) is 6.41. The highest BCUT2D eigenvalue weighted by Gasteiger charge is 2.08. The fourth-order valence-corrected chi connectivity index (χ4v) is 0.433. The summed E-state index contributed by atoms with van der Waals surface area (Å²) in [6.07, 6.45) is 0.511. The van der Waals surface area contributed by atoms with Crippen LogP contribution < -0.4 is 0 Å². The largest absolute Gasteiger partial charge is 0.376 e. The smallest absolute Gasteiger partial charge is 0.0916 e. The molecule has 0 aromatic carbocycles. The van der Waals surface area contributed by atoms with Gasteiger partial charge in [0.05, 0.1) is 12.3 Å². The summed E-state index contributed by atoms with van der Waals surface area (Å²) >= 11 is 0. The summed E-state index contributed by atoms with van der Waals surface area (Å²) in [5, 5.41) is 0. The molecule has 0 amide bonds. The van der Waals surface area contributed by atoms with Gasteiger partial charge in [0.15, 0.2) is 0 Å². The molecule has 9 heavy (non-hydrogen) atoms. The molecule has 0 aliphatic rings. The number of rotatable bonds is 3. The second kappa shape index (κ2) is 3.83. The Labute approximate surface area is 56.2 Å². The van der Waals surface area contributed by atoms with Gasteiger partial charge in [0.25, 0.3) is 0 Å². The topological polar surface area (TPSA) is 9.23 Å². The van der Waals surface area contributed by atoms with Gasteiger partial charge in [-0.2, -0.15) is 0 Å². The van der Waals surface area contributed by atoms with Gasteiger partial charge in [-0.3, -0.25) is 4.39 Å². The second-order valence-electron chi connectivity index (χ2n) is 3.00. The van der Waals surface area contributed by atoms with Crippen molar-refractivity contribution in [2.24, 2.45) is 0 Å². The molecule has 0 aromatic heterocycles. The monoisotopic (exact) mass is 134 g/mol. The Morgan fingerprint density at radius 1 is 1.33 bits per heavy atom.